The molecule has 0 radical (unpaired) electrons. The van der Waals surface area contributed by atoms with E-state index in [0.29, 0.717) is 19.4 Å². The lowest BCUT2D eigenvalue weighted by Crippen LogP contribution is -2.42. The molecule has 0 unspecified atom stereocenters. The maximum atomic E-state index is 11.9. The van der Waals surface area contributed by atoms with Crippen LogP contribution in [0.3, 0.4) is 0 Å². The summed E-state index contributed by atoms with van der Waals surface area (Å²) in [5.41, 5.74) is 1.95. The summed E-state index contributed by atoms with van der Waals surface area (Å²) in [5, 5.41) is 5.74. The van der Waals surface area contributed by atoms with Crippen molar-refractivity contribution < 1.29 is 9.59 Å². The van der Waals surface area contributed by atoms with E-state index in [1.165, 1.54) is 0 Å². The zero-order valence-corrected chi connectivity index (χ0v) is 13.3. The number of benzene rings is 2. The van der Waals surface area contributed by atoms with Crippen molar-refractivity contribution >= 4 is 11.8 Å². The third-order valence-corrected chi connectivity index (χ3v) is 3.43. The summed E-state index contributed by atoms with van der Waals surface area (Å²) >= 11 is 0. The van der Waals surface area contributed by atoms with E-state index in [9.17, 15) is 9.59 Å². The van der Waals surface area contributed by atoms with Gasteiger partial charge < -0.3 is 10.6 Å². The fourth-order valence-electron chi connectivity index (χ4n) is 2.27. The second-order valence-corrected chi connectivity index (χ2v) is 5.60. The van der Waals surface area contributed by atoms with Crippen LogP contribution < -0.4 is 10.6 Å². The average Bonchev–Trinajstić information content (AvgIpc) is 2.55. The fourth-order valence-corrected chi connectivity index (χ4v) is 2.27. The van der Waals surface area contributed by atoms with Crippen LogP contribution in [0.4, 0.5) is 0 Å². The molecule has 4 heteroatoms. The van der Waals surface area contributed by atoms with Crippen LogP contribution in [0.25, 0.3) is 0 Å². The van der Waals surface area contributed by atoms with Gasteiger partial charge in [0.25, 0.3) is 0 Å². The number of amides is 2. The standard InChI is InChI=1S/C19H22N2O2/c1-15(21-19(23)13-17-10-6-3-7-11-17)14-20-18(22)12-16-8-4-2-5-9-16/h2-11,15H,12-14H2,1H3,(H,20,22)(H,21,23)/t15-/m0/s1. The Bertz CT molecular complexity index is 626. The van der Waals surface area contributed by atoms with Gasteiger partial charge in [0.2, 0.25) is 11.8 Å². The molecular formula is C19H22N2O2. The Balaban J connectivity index is 1.69. The van der Waals surface area contributed by atoms with Gasteiger partial charge in [0, 0.05) is 12.6 Å². The Morgan fingerprint density at radius 2 is 1.30 bits per heavy atom. The zero-order valence-electron chi connectivity index (χ0n) is 13.3. The fraction of sp³-hybridized carbons (Fsp3) is 0.263. The van der Waals surface area contributed by atoms with Crippen LogP contribution in [0.5, 0.6) is 0 Å². The Morgan fingerprint density at radius 3 is 1.83 bits per heavy atom. The lowest BCUT2D eigenvalue weighted by Gasteiger charge is -2.15. The summed E-state index contributed by atoms with van der Waals surface area (Å²) in [4.78, 5) is 23.8. The van der Waals surface area contributed by atoms with Crippen molar-refractivity contribution in [1.82, 2.24) is 10.6 Å². The van der Waals surface area contributed by atoms with Gasteiger partial charge in [-0.25, -0.2) is 0 Å². The van der Waals surface area contributed by atoms with E-state index in [0.717, 1.165) is 11.1 Å². The van der Waals surface area contributed by atoms with E-state index < -0.39 is 0 Å². The highest BCUT2D eigenvalue weighted by atomic mass is 16.2. The lowest BCUT2D eigenvalue weighted by molar-refractivity contribution is -0.122. The smallest absolute Gasteiger partial charge is 0.224 e. The third-order valence-electron chi connectivity index (χ3n) is 3.43. The third kappa shape index (κ3) is 6.34. The number of carbonyl (C=O) groups is 2. The van der Waals surface area contributed by atoms with E-state index in [4.69, 9.17) is 0 Å². The minimum absolute atomic E-state index is 0.0407. The molecule has 0 saturated carbocycles. The number of hydrogen-bond acceptors (Lipinski definition) is 2. The maximum absolute atomic E-state index is 11.9. The molecule has 2 aromatic rings. The van der Waals surface area contributed by atoms with Gasteiger partial charge in [0.05, 0.1) is 12.8 Å². The SMILES string of the molecule is C[C@@H](CNC(=O)Cc1ccccc1)NC(=O)Cc1ccccc1. The molecule has 0 aliphatic rings. The van der Waals surface area contributed by atoms with Crippen LogP contribution >= 0.6 is 0 Å². The minimum atomic E-state index is -0.106. The first-order valence-electron chi connectivity index (χ1n) is 7.77. The Morgan fingerprint density at radius 1 is 0.826 bits per heavy atom. The van der Waals surface area contributed by atoms with E-state index in [1.807, 2.05) is 67.6 Å². The molecule has 2 N–H and O–H groups in total. The normalized spacial score (nSPS) is 11.5. The minimum Gasteiger partial charge on any atom is -0.354 e. The number of hydrogen-bond donors (Lipinski definition) is 2. The summed E-state index contributed by atoms with van der Waals surface area (Å²) in [6.07, 6.45) is 0.703. The first kappa shape index (κ1) is 16.7. The van der Waals surface area contributed by atoms with Gasteiger partial charge in [-0.3, -0.25) is 9.59 Å². The summed E-state index contributed by atoms with van der Waals surface area (Å²) in [6, 6.07) is 19.1. The second kappa shape index (κ2) is 8.73. The average molecular weight is 310 g/mol. The molecule has 0 aromatic heterocycles. The van der Waals surface area contributed by atoms with E-state index in [1.54, 1.807) is 0 Å². The topological polar surface area (TPSA) is 58.2 Å². The van der Waals surface area contributed by atoms with Crippen molar-refractivity contribution in [2.24, 2.45) is 0 Å². The molecule has 4 nitrogen and oxygen atoms in total. The van der Waals surface area contributed by atoms with Crippen LogP contribution in [0.2, 0.25) is 0 Å². The summed E-state index contributed by atoms with van der Waals surface area (Å²) in [5.74, 6) is -0.0821. The molecule has 1 atom stereocenters. The molecule has 120 valence electrons. The quantitative estimate of drug-likeness (QED) is 0.823. The predicted octanol–water partition coefficient (Wildman–Crippen LogP) is 2.09. The van der Waals surface area contributed by atoms with Gasteiger partial charge in [0.15, 0.2) is 0 Å². The lowest BCUT2D eigenvalue weighted by atomic mass is 10.1. The van der Waals surface area contributed by atoms with Gasteiger partial charge >= 0.3 is 0 Å². The molecule has 0 fully saturated rings. The van der Waals surface area contributed by atoms with Gasteiger partial charge in [-0.1, -0.05) is 60.7 Å². The van der Waals surface area contributed by atoms with Gasteiger partial charge in [-0.05, 0) is 18.1 Å². The van der Waals surface area contributed by atoms with Crippen molar-refractivity contribution in [3.8, 4) is 0 Å². The zero-order chi connectivity index (χ0) is 16.5. The van der Waals surface area contributed by atoms with Gasteiger partial charge in [0.1, 0.15) is 0 Å². The van der Waals surface area contributed by atoms with Crippen molar-refractivity contribution in [2.75, 3.05) is 6.54 Å². The summed E-state index contributed by atoms with van der Waals surface area (Å²) < 4.78 is 0. The largest absolute Gasteiger partial charge is 0.354 e. The van der Waals surface area contributed by atoms with Crippen LogP contribution in [-0.4, -0.2) is 24.4 Å². The number of carbonyl (C=O) groups excluding carboxylic acids is 2. The monoisotopic (exact) mass is 310 g/mol. The first-order chi connectivity index (χ1) is 11.1. The molecule has 0 aliphatic heterocycles. The summed E-state index contributed by atoms with van der Waals surface area (Å²) in [7, 11) is 0. The van der Waals surface area contributed by atoms with Gasteiger partial charge in [-0.15, -0.1) is 0 Å². The summed E-state index contributed by atoms with van der Waals surface area (Å²) in [6.45, 7) is 2.30. The maximum Gasteiger partial charge on any atom is 0.224 e. The van der Waals surface area contributed by atoms with Crippen molar-refractivity contribution in [3.63, 3.8) is 0 Å². The molecular weight excluding hydrogens is 288 g/mol. The van der Waals surface area contributed by atoms with Crippen molar-refractivity contribution in [1.29, 1.82) is 0 Å². The van der Waals surface area contributed by atoms with E-state index in [2.05, 4.69) is 10.6 Å². The van der Waals surface area contributed by atoms with E-state index in [-0.39, 0.29) is 17.9 Å². The molecule has 0 saturated heterocycles. The molecule has 2 rings (SSSR count). The second-order valence-electron chi connectivity index (χ2n) is 5.60. The molecule has 0 heterocycles. The van der Waals surface area contributed by atoms with Crippen LogP contribution in [-0.2, 0) is 22.4 Å². The van der Waals surface area contributed by atoms with Crippen molar-refractivity contribution in [2.45, 2.75) is 25.8 Å². The highest BCUT2D eigenvalue weighted by molar-refractivity contribution is 5.80. The highest BCUT2D eigenvalue weighted by Crippen LogP contribution is 2.00. The van der Waals surface area contributed by atoms with E-state index >= 15 is 0 Å². The predicted molar refractivity (Wildman–Crippen MR) is 90.9 cm³/mol. The Hall–Kier alpha value is -2.62. The number of rotatable bonds is 7. The molecule has 0 bridgehead atoms. The highest BCUT2D eigenvalue weighted by Gasteiger charge is 2.10. The van der Waals surface area contributed by atoms with Crippen molar-refractivity contribution in [3.05, 3.63) is 71.8 Å². The van der Waals surface area contributed by atoms with Gasteiger partial charge in [-0.2, -0.15) is 0 Å². The Kier molecular flexibility index (Phi) is 6.36. The molecule has 2 aromatic carbocycles. The molecule has 0 aliphatic carbocycles. The van der Waals surface area contributed by atoms with Crippen LogP contribution in [0.1, 0.15) is 18.1 Å². The number of nitrogens with one attached hydrogen (secondary N) is 2. The molecule has 2 amide bonds. The van der Waals surface area contributed by atoms with Crippen LogP contribution in [0, 0.1) is 0 Å². The molecule has 23 heavy (non-hydrogen) atoms. The molecule has 0 spiro atoms. The Labute approximate surface area is 136 Å². The first-order valence-corrected chi connectivity index (χ1v) is 7.77. The van der Waals surface area contributed by atoms with Crippen LogP contribution in [0.15, 0.2) is 60.7 Å².